The van der Waals surface area contributed by atoms with Gasteiger partial charge in [-0.25, -0.2) is 8.42 Å². The fourth-order valence-corrected chi connectivity index (χ4v) is 5.59. The molecule has 4 aromatic carbocycles. The highest BCUT2D eigenvalue weighted by Crippen LogP contribution is 2.29. The van der Waals surface area contributed by atoms with Gasteiger partial charge in [0, 0.05) is 5.69 Å². The Labute approximate surface area is 225 Å². The lowest BCUT2D eigenvalue weighted by atomic mass is 10.0. The van der Waals surface area contributed by atoms with Gasteiger partial charge in [0.25, 0.3) is 10.0 Å². The summed E-state index contributed by atoms with van der Waals surface area (Å²) in [5.74, 6) is 0.813. The van der Waals surface area contributed by atoms with E-state index in [1.165, 1.54) is 0 Å². The first-order chi connectivity index (χ1) is 18.3. The molecule has 38 heavy (non-hydrogen) atoms. The van der Waals surface area contributed by atoms with E-state index in [-0.39, 0.29) is 11.4 Å². The topological polar surface area (TPSA) is 75.7 Å². The lowest BCUT2D eigenvalue weighted by Gasteiger charge is -2.25. The number of sulfonamides is 1. The maximum Gasteiger partial charge on any atom is 0.264 e. The van der Waals surface area contributed by atoms with E-state index in [1.807, 2.05) is 69.3 Å². The van der Waals surface area contributed by atoms with E-state index in [4.69, 9.17) is 4.74 Å². The number of para-hydroxylation sites is 2. The fourth-order valence-electron chi connectivity index (χ4n) is 4.17. The van der Waals surface area contributed by atoms with Crippen molar-refractivity contribution in [2.24, 2.45) is 0 Å². The predicted octanol–water partition coefficient (Wildman–Crippen LogP) is 6.75. The minimum Gasteiger partial charge on any atom is -0.457 e. The first kappa shape index (κ1) is 26.9. The van der Waals surface area contributed by atoms with Crippen molar-refractivity contribution in [3.63, 3.8) is 0 Å². The number of anilines is 2. The standard InChI is InChI=1S/C31H32N2O4S/c1-4-24-10-9-11-25(5-2)31(24)32-30(34)22-33(38(35,36)29-20-14-23(3)15-21-29)26-16-18-28(19-17-26)37-27-12-7-6-8-13-27/h6-21H,4-5,22H2,1-3H3,(H,32,34). The molecule has 0 heterocycles. The molecule has 4 aromatic rings. The maximum atomic E-state index is 13.8. The van der Waals surface area contributed by atoms with Gasteiger partial charge in [-0.15, -0.1) is 0 Å². The largest absolute Gasteiger partial charge is 0.457 e. The van der Waals surface area contributed by atoms with Crippen molar-refractivity contribution in [2.75, 3.05) is 16.2 Å². The molecule has 196 valence electrons. The molecular formula is C31H32N2O4S. The van der Waals surface area contributed by atoms with Gasteiger partial charge in [0.05, 0.1) is 10.6 Å². The van der Waals surface area contributed by atoms with E-state index in [0.717, 1.165) is 39.5 Å². The zero-order chi connectivity index (χ0) is 27.1. The van der Waals surface area contributed by atoms with Crippen LogP contribution < -0.4 is 14.4 Å². The lowest BCUT2D eigenvalue weighted by molar-refractivity contribution is -0.114. The average molecular weight is 529 g/mol. The Bertz CT molecular complexity index is 1460. The number of amides is 1. The predicted molar refractivity (Wildman–Crippen MR) is 152 cm³/mol. The van der Waals surface area contributed by atoms with Crippen LogP contribution in [0.15, 0.2) is 102 Å². The van der Waals surface area contributed by atoms with Gasteiger partial charge in [0.15, 0.2) is 0 Å². The molecule has 0 aliphatic carbocycles. The van der Waals surface area contributed by atoms with Crippen molar-refractivity contribution in [3.05, 3.63) is 114 Å². The highest BCUT2D eigenvalue weighted by molar-refractivity contribution is 7.92. The van der Waals surface area contributed by atoms with Crippen molar-refractivity contribution in [1.82, 2.24) is 0 Å². The van der Waals surface area contributed by atoms with E-state index in [0.29, 0.717) is 17.2 Å². The van der Waals surface area contributed by atoms with Crippen LogP contribution in [0.3, 0.4) is 0 Å². The zero-order valence-corrected chi connectivity index (χ0v) is 22.7. The van der Waals surface area contributed by atoms with Crippen LogP contribution in [-0.2, 0) is 27.7 Å². The Balaban J connectivity index is 1.66. The molecule has 1 amide bonds. The third-order valence-electron chi connectivity index (χ3n) is 6.26. The second-order valence-electron chi connectivity index (χ2n) is 8.94. The first-order valence-corrected chi connectivity index (χ1v) is 14.1. The third-order valence-corrected chi connectivity index (χ3v) is 8.05. The van der Waals surface area contributed by atoms with Crippen LogP contribution in [0.1, 0.15) is 30.5 Å². The third kappa shape index (κ3) is 6.23. The molecule has 0 aliphatic rings. The molecule has 0 fully saturated rings. The summed E-state index contributed by atoms with van der Waals surface area (Å²) in [4.78, 5) is 13.4. The minimum atomic E-state index is -4.03. The monoisotopic (exact) mass is 528 g/mol. The summed E-state index contributed by atoms with van der Waals surface area (Å²) >= 11 is 0. The zero-order valence-electron chi connectivity index (χ0n) is 21.8. The summed E-state index contributed by atoms with van der Waals surface area (Å²) in [6, 6.07) is 28.5. The molecule has 0 radical (unpaired) electrons. The van der Waals surface area contributed by atoms with E-state index in [2.05, 4.69) is 5.32 Å². The van der Waals surface area contributed by atoms with Crippen LogP contribution in [-0.4, -0.2) is 20.9 Å². The summed E-state index contributed by atoms with van der Waals surface area (Å²) in [6.45, 7) is 5.56. The molecule has 1 N–H and O–H groups in total. The number of benzene rings is 4. The van der Waals surface area contributed by atoms with E-state index in [9.17, 15) is 13.2 Å². The van der Waals surface area contributed by atoms with Crippen molar-refractivity contribution in [2.45, 2.75) is 38.5 Å². The maximum absolute atomic E-state index is 13.8. The number of ether oxygens (including phenoxy) is 1. The van der Waals surface area contributed by atoms with Crippen molar-refractivity contribution in [3.8, 4) is 11.5 Å². The van der Waals surface area contributed by atoms with Crippen molar-refractivity contribution in [1.29, 1.82) is 0 Å². The van der Waals surface area contributed by atoms with Gasteiger partial charge in [-0.3, -0.25) is 9.10 Å². The molecule has 7 heteroatoms. The smallest absolute Gasteiger partial charge is 0.264 e. The molecular weight excluding hydrogens is 496 g/mol. The SMILES string of the molecule is CCc1cccc(CC)c1NC(=O)CN(c1ccc(Oc2ccccc2)cc1)S(=O)(=O)c1ccc(C)cc1. The Hall–Kier alpha value is -4.10. The average Bonchev–Trinajstić information content (AvgIpc) is 2.93. The highest BCUT2D eigenvalue weighted by Gasteiger charge is 2.28. The van der Waals surface area contributed by atoms with Gasteiger partial charge in [-0.05, 0) is 79.4 Å². The number of nitrogens with zero attached hydrogens (tertiary/aromatic N) is 1. The summed E-state index contributed by atoms with van der Waals surface area (Å²) in [6.07, 6.45) is 1.50. The molecule has 4 rings (SSSR count). The van der Waals surface area contributed by atoms with Crippen LogP contribution in [0.2, 0.25) is 0 Å². The summed E-state index contributed by atoms with van der Waals surface area (Å²) < 4.78 is 34.5. The molecule has 0 atom stereocenters. The number of hydrogen-bond acceptors (Lipinski definition) is 4. The number of hydrogen-bond donors (Lipinski definition) is 1. The van der Waals surface area contributed by atoms with Crippen LogP contribution in [0, 0.1) is 6.92 Å². The van der Waals surface area contributed by atoms with Crippen LogP contribution in [0.5, 0.6) is 11.5 Å². The molecule has 0 saturated heterocycles. The Morgan fingerprint density at radius 2 is 1.34 bits per heavy atom. The Morgan fingerprint density at radius 1 is 0.763 bits per heavy atom. The number of rotatable bonds is 10. The second-order valence-corrected chi connectivity index (χ2v) is 10.8. The van der Waals surface area contributed by atoms with Gasteiger partial charge in [0.2, 0.25) is 5.91 Å². The molecule has 0 aromatic heterocycles. The van der Waals surface area contributed by atoms with Gasteiger partial charge in [-0.2, -0.15) is 0 Å². The molecule has 6 nitrogen and oxygen atoms in total. The molecule has 0 aliphatic heterocycles. The number of nitrogens with one attached hydrogen (secondary N) is 1. The van der Waals surface area contributed by atoms with Gasteiger partial charge >= 0.3 is 0 Å². The molecule has 0 saturated carbocycles. The summed E-state index contributed by atoms with van der Waals surface area (Å²) in [5, 5.41) is 2.99. The van der Waals surface area contributed by atoms with E-state index in [1.54, 1.807) is 48.5 Å². The molecule has 0 spiro atoms. The first-order valence-electron chi connectivity index (χ1n) is 12.6. The number of aryl methyl sites for hydroxylation is 3. The van der Waals surface area contributed by atoms with E-state index < -0.39 is 15.9 Å². The lowest BCUT2D eigenvalue weighted by Crippen LogP contribution is -2.38. The van der Waals surface area contributed by atoms with Gasteiger partial charge in [-0.1, -0.05) is 67.9 Å². The highest BCUT2D eigenvalue weighted by atomic mass is 32.2. The van der Waals surface area contributed by atoms with Crippen LogP contribution in [0.4, 0.5) is 11.4 Å². The molecule has 0 bridgehead atoms. The van der Waals surface area contributed by atoms with Crippen molar-refractivity contribution >= 4 is 27.3 Å². The quantitative estimate of drug-likeness (QED) is 0.247. The summed E-state index contributed by atoms with van der Waals surface area (Å²) in [5.41, 5.74) is 4.07. The normalized spacial score (nSPS) is 11.1. The van der Waals surface area contributed by atoms with Crippen LogP contribution in [0.25, 0.3) is 0 Å². The number of carbonyl (C=O) groups is 1. The van der Waals surface area contributed by atoms with Gasteiger partial charge in [0.1, 0.15) is 18.0 Å². The van der Waals surface area contributed by atoms with Gasteiger partial charge < -0.3 is 10.1 Å². The fraction of sp³-hybridized carbons (Fsp3) is 0.194. The van der Waals surface area contributed by atoms with Crippen LogP contribution >= 0.6 is 0 Å². The number of carbonyl (C=O) groups excluding carboxylic acids is 1. The van der Waals surface area contributed by atoms with Crippen molar-refractivity contribution < 1.29 is 17.9 Å². The molecule has 0 unspecified atom stereocenters. The Kier molecular flexibility index (Phi) is 8.48. The second kappa shape index (κ2) is 12.0. The minimum absolute atomic E-state index is 0.115. The summed E-state index contributed by atoms with van der Waals surface area (Å²) in [7, 11) is -4.03. The van der Waals surface area contributed by atoms with E-state index >= 15 is 0 Å². The Morgan fingerprint density at radius 3 is 1.92 bits per heavy atom.